The van der Waals surface area contributed by atoms with Gasteiger partial charge < -0.3 is 5.11 Å². The molecule has 0 bridgehead atoms. The Morgan fingerprint density at radius 2 is 1.80 bits per heavy atom. The van der Waals surface area contributed by atoms with Crippen LogP contribution in [0.4, 0.5) is 0 Å². The van der Waals surface area contributed by atoms with E-state index in [0.29, 0.717) is 5.56 Å². The molecule has 3 heteroatoms. The van der Waals surface area contributed by atoms with Crippen LogP contribution in [0.15, 0.2) is 54.6 Å². The molecule has 0 unspecified atom stereocenters. The maximum Gasteiger partial charge on any atom is 0.335 e. The summed E-state index contributed by atoms with van der Waals surface area (Å²) in [5.41, 5.74) is 4.12. The lowest BCUT2D eigenvalue weighted by molar-refractivity contribution is 0.0697. The molecule has 3 rings (SSSR count). The molecule has 0 saturated carbocycles. The molecule has 0 amide bonds. The van der Waals surface area contributed by atoms with Crippen molar-refractivity contribution in [2.45, 2.75) is 6.92 Å². The second-order valence-corrected chi connectivity index (χ2v) is 4.75. The SMILES string of the molecule is Cc1ccc2cc(-c3cccc(C(=O)O)c3)ccc2n1. The van der Waals surface area contributed by atoms with E-state index in [1.165, 1.54) is 0 Å². The predicted molar refractivity (Wildman–Crippen MR) is 78.9 cm³/mol. The maximum atomic E-state index is 11.0. The first-order valence-electron chi connectivity index (χ1n) is 6.35. The summed E-state index contributed by atoms with van der Waals surface area (Å²) in [4.78, 5) is 15.5. The van der Waals surface area contributed by atoms with Gasteiger partial charge in [-0.3, -0.25) is 4.98 Å². The standard InChI is InChI=1S/C17H13NO2/c1-11-5-6-14-9-13(7-8-16(14)18-11)12-3-2-4-15(10-12)17(19)20/h2-10H,1H3,(H,19,20). The minimum atomic E-state index is -0.912. The van der Waals surface area contributed by atoms with Gasteiger partial charge in [-0.25, -0.2) is 4.79 Å². The fourth-order valence-corrected chi connectivity index (χ4v) is 2.24. The molecule has 3 aromatic rings. The zero-order chi connectivity index (χ0) is 14.1. The van der Waals surface area contributed by atoms with Crippen molar-refractivity contribution in [2.24, 2.45) is 0 Å². The van der Waals surface area contributed by atoms with Gasteiger partial charge in [0, 0.05) is 11.1 Å². The second-order valence-electron chi connectivity index (χ2n) is 4.75. The van der Waals surface area contributed by atoms with Crippen molar-refractivity contribution in [3.63, 3.8) is 0 Å². The van der Waals surface area contributed by atoms with Crippen LogP contribution < -0.4 is 0 Å². The van der Waals surface area contributed by atoms with Gasteiger partial charge in [-0.2, -0.15) is 0 Å². The maximum absolute atomic E-state index is 11.0. The highest BCUT2D eigenvalue weighted by Gasteiger charge is 2.05. The third kappa shape index (κ3) is 2.26. The average molecular weight is 263 g/mol. The molecular formula is C17H13NO2. The first-order chi connectivity index (χ1) is 9.63. The number of nitrogens with zero attached hydrogens (tertiary/aromatic N) is 1. The van der Waals surface area contributed by atoms with Gasteiger partial charge in [0.2, 0.25) is 0 Å². The predicted octanol–water partition coefficient (Wildman–Crippen LogP) is 3.91. The number of aromatic nitrogens is 1. The quantitative estimate of drug-likeness (QED) is 0.762. The monoisotopic (exact) mass is 263 g/mol. The number of carboxylic acid groups (broad SMARTS) is 1. The summed E-state index contributed by atoms with van der Waals surface area (Å²) in [7, 11) is 0. The molecular weight excluding hydrogens is 250 g/mol. The Labute approximate surface area is 116 Å². The van der Waals surface area contributed by atoms with Crippen molar-refractivity contribution in [2.75, 3.05) is 0 Å². The van der Waals surface area contributed by atoms with Gasteiger partial charge in [-0.15, -0.1) is 0 Å². The molecule has 2 aromatic carbocycles. The van der Waals surface area contributed by atoms with Crippen molar-refractivity contribution < 1.29 is 9.90 Å². The van der Waals surface area contributed by atoms with Gasteiger partial charge in [0.15, 0.2) is 0 Å². The fraction of sp³-hybridized carbons (Fsp3) is 0.0588. The molecule has 0 spiro atoms. The largest absolute Gasteiger partial charge is 0.478 e. The van der Waals surface area contributed by atoms with Crippen molar-refractivity contribution >= 4 is 16.9 Å². The number of aryl methyl sites for hydroxylation is 1. The highest BCUT2D eigenvalue weighted by molar-refractivity contribution is 5.90. The Hall–Kier alpha value is -2.68. The lowest BCUT2D eigenvalue weighted by Crippen LogP contribution is -1.95. The van der Waals surface area contributed by atoms with Crippen LogP contribution in [0.2, 0.25) is 0 Å². The van der Waals surface area contributed by atoms with Crippen LogP contribution >= 0.6 is 0 Å². The Morgan fingerprint density at radius 1 is 1.00 bits per heavy atom. The summed E-state index contributed by atoms with van der Waals surface area (Å²) in [6, 6.07) is 16.9. The molecule has 20 heavy (non-hydrogen) atoms. The van der Waals surface area contributed by atoms with Crippen LogP contribution in [0.3, 0.4) is 0 Å². The van der Waals surface area contributed by atoms with E-state index in [1.807, 2.05) is 43.3 Å². The van der Waals surface area contributed by atoms with E-state index < -0.39 is 5.97 Å². The molecule has 0 aliphatic rings. The van der Waals surface area contributed by atoms with Crippen molar-refractivity contribution in [3.05, 3.63) is 65.9 Å². The summed E-state index contributed by atoms with van der Waals surface area (Å²) < 4.78 is 0. The minimum absolute atomic E-state index is 0.296. The number of fused-ring (bicyclic) bond motifs is 1. The Morgan fingerprint density at radius 3 is 2.60 bits per heavy atom. The highest BCUT2D eigenvalue weighted by atomic mass is 16.4. The summed E-state index contributed by atoms with van der Waals surface area (Å²) in [6.07, 6.45) is 0. The van der Waals surface area contributed by atoms with Gasteiger partial charge in [-0.05, 0) is 48.4 Å². The van der Waals surface area contributed by atoms with Crippen molar-refractivity contribution in [1.29, 1.82) is 0 Å². The third-order valence-electron chi connectivity index (χ3n) is 3.27. The van der Waals surface area contributed by atoms with Crippen molar-refractivity contribution in [1.82, 2.24) is 4.98 Å². The van der Waals surface area contributed by atoms with Crippen LogP contribution in [-0.4, -0.2) is 16.1 Å². The van der Waals surface area contributed by atoms with Gasteiger partial charge in [0.05, 0.1) is 11.1 Å². The Kier molecular flexibility index (Phi) is 2.95. The zero-order valence-electron chi connectivity index (χ0n) is 11.0. The molecule has 98 valence electrons. The number of carbonyl (C=O) groups is 1. The number of aromatic carboxylic acids is 1. The molecule has 0 aliphatic heterocycles. The summed E-state index contributed by atoms with van der Waals surface area (Å²) >= 11 is 0. The molecule has 0 atom stereocenters. The minimum Gasteiger partial charge on any atom is -0.478 e. The van der Waals surface area contributed by atoms with E-state index in [4.69, 9.17) is 5.11 Å². The average Bonchev–Trinajstić information content (AvgIpc) is 2.47. The Balaban J connectivity index is 2.12. The van der Waals surface area contributed by atoms with Crippen LogP contribution in [0.25, 0.3) is 22.0 Å². The second kappa shape index (κ2) is 4.78. The van der Waals surface area contributed by atoms with E-state index in [2.05, 4.69) is 4.98 Å². The third-order valence-corrected chi connectivity index (χ3v) is 3.27. The van der Waals surface area contributed by atoms with Crippen LogP contribution in [0, 0.1) is 6.92 Å². The van der Waals surface area contributed by atoms with Gasteiger partial charge in [-0.1, -0.05) is 24.3 Å². The van der Waals surface area contributed by atoms with Crippen LogP contribution in [0.5, 0.6) is 0 Å². The van der Waals surface area contributed by atoms with Crippen molar-refractivity contribution in [3.8, 4) is 11.1 Å². The smallest absolute Gasteiger partial charge is 0.335 e. The topological polar surface area (TPSA) is 50.2 Å². The van der Waals surface area contributed by atoms with E-state index >= 15 is 0 Å². The molecule has 0 radical (unpaired) electrons. The summed E-state index contributed by atoms with van der Waals surface area (Å²) in [5, 5.41) is 10.1. The number of hydrogen-bond acceptors (Lipinski definition) is 2. The molecule has 1 N–H and O–H groups in total. The molecule has 1 heterocycles. The van der Waals surface area contributed by atoms with E-state index in [9.17, 15) is 4.79 Å². The summed E-state index contributed by atoms with van der Waals surface area (Å²) in [5.74, 6) is -0.912. The first kappa shape index (κ1) is 12.4. The number of benzene rings is 2. The van der Waals surface area contributed by atoms with E-state index in [0.717, 1.165) is 27.7 Å². The molecule has 3 nitrogen and oxygen atoms in total. The molecule has 0 aliphatic carbocycles. The van der Waals surface area contributed by atoms with Gasteiger partial charge in [0.25, 0.3) is 0 Å². The van der Waals surface area contributed by atoms with Crippen LogP contribution in [-0.2, 0) is 0 Å². The van der Waals surface area contributed by atoms with E-state index in [-0.39, 0.29) is 0 Å². The number of hydrogen-bond donors (Lipinski definition) is 1. The summed E-state index contributed by atoms with van der Waals surface area (Å²) in [6.45, 7) is 1.96. The molecule has 1 aromatic heterocycles. The number of carboxylic acids is 1. The van der Waals surface area contributed by atoms with Crippen LogP contribution in [0.1, 0.15) is 16.1 Å². The van der Waals surface area contributed by atoms with Gasteiger partial charge >= 0.3 is 5.97 Å². The Bertz CT molecular complexity index is 809. The lowest BCUT2D eigenvalue weighted by atomic mass is 10.0. The highest BCUT2D eigenvalue weighted by Crippen LogP contribution is 2.24. The lowest BCUT2D eigenvalue weighted by Gasteiger charge is -2.05. The first-order valence-corrected chi connectivity index (χ1v) is 6.35. The molecule has 0 saturated heterocycles. The van der Waals surface area contributed by atoms with E-state index in [1.54, 1.807) is 18.2 Å². The fourth-order valence-electron chi connectivity index (χ4n) is 2.24. The zero-order valence-corrected chi connectivity index (χ0v) is 11.0. The molecule has 0 fully saturated rings. The normalized spacial score (nSPS) is 10.7. The number of rotatable bonds is 2. The van der Waals surface area contributed by atoms with Gasteiger partial charge in [0.1, 0.15) is 0 Å². The number of pyridine rings is 1.